The van der Waals surface area contributed by atoms with Crippen molar-refractivity contribution in [3.05, 3.63) is 72.4 Å². The molecule has 1 unspecified atom stereocenters. The summed E-state index contributed by atoms with van der Waals surface area (Å²) in [7, 11) is 0. The van der Waals surface area contributed by atoms with Gasteiger partial charge in [0.2, 0.25) is 0 Å². The Morgan fingerprint density at radius 2 is 2.17 bits per heavy atom. The van der Waals surface area contributed by atoms with Crippen LogP contribution in [0, 0.1) is 0 Å². The van der Waals surface area contributed by atoms with E-state index in [0.717, 1.165) is 37.7 Å². The van der Waals surface area contributed by atoms with E-state index in [1.165, 1.54) is 5.56 Å². The smallest absolute Gasteiger partial charge is 0.133 e. The van der Waals surface area contributed by atoms with Gasteiger partial charge in [-0.2, -0.15) is 5.10 Å². The van der Waals surface area contributed by atoms with Crippen molar-refractivity contribution in [3.8, 4) is 5.69 Å². The maximum absolute atomic E-state index is 5.82. The normalized spacial score (nSPS) is 19.0. The van der Waals surface area contributed by atoms with Crippen molar-refractivity contribution in [3.63, 3.8) is 0 Å². The third-order valence-corrected chi connectivity index (χ3v) is 4.10. The Hall–Kier alpha value is -2.37. The van der Waals surface area contributed by atoms with Crippen molar-refractivity contribution in [1.29, 1.82) is 0 Å². The maximum Gasteiger partial charge on any atom is 0.133 e. The summed E-state index contributed by atoms with van der Waals surface area (Å²) in [5.74, 6) is 0.903. The van der Waals surface area contributed by atoms with Crippen LogP contribution in [0.15, 0.2) is 65.5 Å². The van der Waals surface area contributed by atoms with Crippen LogP contribution in [0.25, 0.3) is 5.69 Å². The SMILES string of the molecule is c1cc(CN2CCOC(c3ccco3)C2)cc(-n2cccn2)c1. The van der Waals surface area contributed by atoms with E-state index in [4.69, 9.17) is 9.15 Å². The van der Waals surface area contributed by atoms with Crippen LogP contribution >= 0.6 is 0 Å². The summed E-state index contributed by atoms with van der Waals surface area (Å²) in [5, 5.41) is 4.29. The molecule has 5 heteroatoms. The molecular weight excluding hydrogens is 290 g/mol. The monoisotopic (exact) mass is 309 g/mol. The molecule has 0 radical (unpaired) electrons. The average molecular weight is 309 g/mol. The third kappa shape index (κ3) is 3.21. The first-order chi connectivity index (χ1) is 11.4. The first kappa shape index (κ1) is 14.2. The van der Waals surface area contributed by atoms with Gasteiger partial charge in [-0.15, -0.1) is 0 Å². The van der Waals surface area contributed by atoms with E-state index >= 15 is 0 Å². The van der Waals surface area contributed by atoms with Crippen LogP contribution in [0.2, 0.25) is 0 Å². The number of furan rings is 1. The zero-order chi connectivity index (χ0) is 15.5. The van der Waals surface area contributed by atoms with Gasteiger partial charge in [0, 0.05) is 32.0 Å². The second-order valence-electron chi connectivity index (χ2n) is 5.73. The number of ether oxygens (including phenoxy) is 1. The minimum absolute atomic E-state index is 0.0213. The number of nitrogens with zero attached hydrogens (tertiary/aromatic N) is 3. The molecule has 5 nitrogen and oxygen atoms in total. The van der Waals surface area contributed by atoms with Crippen molar-refractivity contribution in [2.75, 3.05) is 19.7 Å². The first-order valence-electron chi connectivity index (χ1n) is 7.85. The van der Waals surface area contributed by atoms with Crippen molar-refractivity contribution in [2.24, 2.45) is 0 Å². The first-order valence-corrected chi connectivity index (χ1v) is 7.85. The van der Waals surface area contributed by atoms with Crippen LogP contribution in [-0.2, 0) is 11.3 Å². The number of rotatable bonds is 4. The molecule has 0 spiro atoms. The largest absolute Gasteiger partial charge is 0.467 e. The Kier molecular flexibility index (Phi) is 3.96. The Morgan fingerprint density at radius 3 is 3.00 bits per heavy atom. The van der Waals surface area contributed by atoms with E-state index in [9.17, 15) is 0 Å². The third-order valence-electron chi connectivity index (χ3n) is 4.10. The molecule has 0 amide bonds. The lowest BCUT2D eigenvalue weighted by molar-refractivity contribution is -0.0427. The molecule has 0 bridgehead atoms. The minimum Gasteiger partial charge on any atom is -0.467 e. The van der Waals surface area contributed by atoms with Gasteiger partial charge in [0.25, 0.3) is 0 Å². The standard InChI is InChI=1S/C18H19N3O2/c1-4-15(12-16(5-1)21-8-3-7-19-21)13-20-9-11-23-18(14-20)17-6-2-10-22-17/h1-8,10,12,18H,9,11,13-14H2. The lowest BCUT2D eigenvalue weighted by Crippen LogP contribution is -2.37. The molecule has 1 aliphatic rings. The summed E-state index contributed by atoms with van der Waals surface area (Å²) in [6, 6.07) is 14.3. The van der Waals surface area contributed by atoms with E-state index < -0.39 is 0 Å². The maximum atomic E-state index is 5.82. The van der Waals surface area contributed by atoms with E-state index in [0.29, 0.717) is 0 Å². The van der Waals surface area contributed by atoms with Crippen molar-refractivity contribution >= 4 is 0 Å². The predicted molar refractivity (Wildman–Crippen MR) is 86.2 cm³/mol. The second-order valence-corrected chi connectivity index (χ2v) is 5.73. The van der Waals surface area contributed by atoms with Crippen LogP contribution in [0.3, 0.4) is 0 Å². The zero-order valence-corrected chi connectivity index (χ0v) is 12.8. The molecule has 4 rings (SSSR count). The Morgan fingerprint density at radius 1 is 1.17 bits per heavy atom. The molecule has 0 aliphatic carbocycles. The fraction of sp³-hybridized carbons (Fsp3) is 0.278. The lowest BCUT2D eigenvalue weighted by Gasteiger charge is -2.32. The molecule has 1 saturated heterocycles. The predicted octanol–water partition coefficient (Wildman–Crippen LogP) is 3.04. The molecule has 1 aliphatic heterocycles. The number of aromatic nitrogens is 2. The molecule has 1 fully saturated rings. The number of morpholine rings is 1. The molecule has 118 valence electrons. The van der Waals surface area contributed by atoms with Crippen LogP contribution < -0.4 is 0 Å². The van der Waals surface area contributed by atoms with E-state index in [1.54, 1.807) is 12.5 Å². The number of hydrogen-bond donors (Lipinski definition) is 0. The molecular formula is C18H19N3O2. The van der Waals surface area contributed by atoms with Gasteiger partial charge in [-0.05, 0) is 35.9 Å². The molecule has 1 atom stereocenters. The van der Waals surface area contributed by atoms with Gasteiger partial charge in [-0.25, -0.2) is 4.68 Å². The highest BCUT2D eigenvalue weighted by Crippen LogP contribution is 2.23. The molecule has 3 aromatic rings. The lowest BCUT2D eigenvalue weighted by atomic mass is 10.1. The number of benzene rings is 1. The Balaban J connectivity index is 1.46. The Labute approximate surface area is 135 Å². The van der Waals surface area contributed by atoms with Gasteiger partial charge < -0.3 is 9.15 Å². The second kappa shape index (κ2) is 6.40. The fourth-order valence-electron chi connectivity index (χ4n) is 2.97. The quantitative estimate of drug-likeness (QED) is 0.743. The van der Waals surface area contributed by atoms with Gasteiger partial charge in [0.1, 0.15) is 11.9 Å². The van der Waals surface area contributed by atoms with E-state index in [-0.39, 0.29) is 6.10 Å². The summed E-state index contributed by atoms with van der Waals surface area (Å²) in [6.45, 7) is 3.41. The molecule has 1 aromatic carbocycles. The van der Waals surface area contributed by atoms with Gasteiger partial charge in [0.05, 0.1) is 18.6 Å². The van der Waals surface area contributed by atoms with Crippen LogP contribution in [-0.4, -0.2) is 34.4 Å². The van der Waals surface area contributed by atoms with Crippen LogP contribution in [0.5, 0.6) is 0 Å². The minimum atomic E-state index is 0.0213. The average Bonchev–Trinajstić information content (AvgIpc) is 3.29. The van der Waals surface area contributed by atoms with Gasteiger partial charge in [0.15, 0.2) is 0 Å². The van der Waals surface area contributed by atoms with Gasteiger partial charge >= 0.3 is 0 Å². The summed E-state index contributed by atoms with van der Waals surface area (Å²) < 4.78 is 13.2. The molecule has 0 saturated carbocycles. The highest BCUT2D eigenvalue weighted by molar-refractivity contribution is 5.35. The Bertz CT molecular complexity index is 737. The molecule has 3 heterocycles. The van der Waals surface area contributed by atoms with E-state index in [2.05, 4.69) is 34.3 Å². The van der Waals surface area contributed by atoms with Crippen LogP contribution in [0.4, 0.5) is 0 Å². The molecule has 23 heavy (non-hydrogen) atoms. The zero-order valence-electron chi connectivity index (χ0n) is 12.8. The van der Waals surface area contributed by atoms with Gasteiger partial charge in [-0.1, -0.05) is 12.1 Å². The van der Waals surface area contributed by atoms with E-state index in [1.807, 2.05) is 29.1 Å². The summed E-state index contributed by atoms with van der Waals surface area (Å²) >= 11 is 0. The summed E-state index contributed by atoms with van der Waals surface area (Å²) in [6.07, 6.45) is 5.47. The van der Waals surface area contributed by atoms with Crippen molar-refractivity contribution in [2.45, 2.75) is 12.6 Å². The number of hydrogen-bond acceptors (Lipinski definition) is 4. The topological polar surface area (TPSA) is 43.4 Å². The highest BCUT2D eigenvalue weighted by Gasteiger charge is 2.23. The summed E-state index contributed by atoms with van der Waals surface area (Å²) in [4.78, 5) is 2.40. The summed E-state index contributed by atoms with van der Waals surface area (Å²) in [5.41, 5.74) is 2.36. The molecule has 0 N–H and O–H groups in total. The highest BCUT2D eigenvalue weighted by atomic mass is 16.5. The van der Waals surface area contributed by atoms with Crippen LogP contribution in [0.1, 0.15) is 17.4 Å². The van der Waals surface area contributed by atoms with Crippen molar-refractivity contribution < 1.29 is 9.15 Å². The fourth-order valence-corrected chi connectivity index (χ4v) is 2.97. The van der Waals surface area contributed by atoms with Crippen molar-refractivity contribution in [1.82, 2.24) is 14.7 Å². The van der Waals surface area contributed by atoms with Gasteiger partial charge in [-0.3, -0.25) is 4.90 Å². The molecule has 2 aromatic heterocycles.